The second-order valence-electron chi connectivity index (χ2n) is 22.6. The number of unbranched alkanes of at least 4 members (excludes halogenated alkanes) is 18. The average Bonchev–Trinajstić information content (AvgIpc) is 3.99. The van der Waals surface area contributed by atoms with Gasteiger partial charge in [-0.3, -0.25) is 0 Å². The van der Waals surface area contributed by atoms with Gasteiger partial charge < -0.3 is 9.47 Å². The number of rotatable bonds is 24. The minimum absolute atomic E-state index is 0.641. The van der Waals surface area contributed by atoms with Crippen molar-refractivity contribution in [2.75, 3.05) is 13.2 Å². The molecule has 11 rings (SSSR count). The molecule has 0 aliphatic heterocycles. The molecule has 418 valence electrons. The van der Waals surface area contributed by atoms with E-state index in [9.17, 15) is 0 Å². The number of fused-ring (bicyclic) bond motifs is 1. The van der Waals surface area contributed by atoms with Gasteiger partial charge in [-0.25, -0.2) is 0 Å². The first-order valence-electron chi connectivity index (χ1n) is 30.9. The Bertz CT molecular complexity index is 3460. The maximum absolute atomic E-state index is 6.76. The highest BCUT2D eigenvalue weighted by atomic mass is 32.1. The molecule has 4 aliphatic carbocycles. The minimum atomic E-state index is 0.641. The van der Waals surface area contributed by atoms with Crippen molar-refractivity contribution >= 4 is 22.8 Å². The van der Waals surface area contributed by atoms with Crippen molar-refractivity contribution in [2.24, 2.45) is 0 Å². The fourth-order valence-electron chi connectivity index (χ4n) is 10.7. The van der Waals surface area contributed by atoms with Crippen LogP contribution in [0, 0.1) is 75.1 Å². The van der Waals surface area contributed by atoms with Crippen molar-refractivity contribution in [3.05, 3.63) is 186 Å². The third-order valence-electron chi connectivity index (χ3n) is 15.8. The Morgan fingerprint density at radius 1 is 0.346 bits per heavy atom. The number of benzene rings is 6. The van der Waals surface area contributed by atoms with Crippen LogP contribution in [0.1, 0.15) is 231 Å². The third-order valence-corrected chi connectivity index (χ3v) is 16.4. The van der Waals surface area contributed by atoms with Crippen LogP contribution in [0.25, 0.3) is 11.0 Å². The Kier molecular flexibility index (Phi) is 24.1. The second kappa shape index (κ2) is 32.4. The molecule has 7 aromatic rings. The van der Waals surface area contributed by atoms with Gasteiger partial charge in [0, 0.05) is 34.4 Å². The van der Waals surface area contributed by atoms with Crippen molar-refractivity contribution in [1.29, 1.82) is 0 Å². The van der Waals surface area contributed by atoms with Crippen LogP contribution in [-0.2, 0) is 25.7 Å². The summed E-state index contributed by atoms with van der Waals surface area (Å²) in [6.45, 7) is 14.3. The highest BCUT2D eigenvalue weighted by Gasteiger charge is 2.15. The van der Waals surface area contributed by atoms with Gasteiger partial charge in [-0.2, -0.15) is 8.75 Å². The van der Waals surface area contributed by atoms with E-state index in [1.54, 1.807) is 0 Å². The van der Waals surface area contributed by atoms with Crippen LogP contribution in [-0.4, -0.2) is 22.0 Å². The van der Waals surface area contributed by atoms with E-state index in [0.717, 1.165) is 124 Å². The van der Waals surface area contributed by atoms with Crippen molar-refractivity contribution in [2.45, 2.75) is 196 Å². The maximum atomic E-state index is 6.76. The minimum Gasteiger partial charge on any atom is -0.492 e. The molecule has 0 saturated heterocycles. The van der Waals surface area contributed by atoms with Gasteiger partial charge in [0.1, 0.15) is 22.5 Å². The lowest BCUT2D eigenvalue weighted by Crippen LogP contribution is -2.04. The fraction of sp³-hybridized carbons (Fsp3) is 0.421. The Morgan fingerprint density at radius 3 is 1.11 bits per heavy atom. The van der Waals surface area contributed by atoms with Crippen LogP contribution in [0.5, 0.6) is 11.5 Å². The molecule has 4 aliphatic rings. The average molecular weight is 1090 g/mol. The quantitative estimate of drug-likeness (QED) is 0.0447. The predicted molar refractivity (Wildman–Crippen MR) is 342 cm³/mol. The van der Waals surface area contributed by atoms with E-state index in [1.165, 1.54) is 153 Å². The molecule has 0 spiro atoms. The molecule has 1 aromatic heterocycles. The van der Waals surface area contributed by atoms with E-state index in [2.05, 4.69) is 178 Å². The maximum Gasteiger partial charge on any atom is 0.136 e. The molecule has 5 heteroatoms. The topological polar surface area (TPSA) is 44.2 Å². The molecular formula is C76H86N2O2S. The zero-order chi connectivity index (χ0) is 56.4. The third kappa shape index (κ3) is 18.8. The second-order valence-corrected chi connectivity index (χ2v) is 23.2. The molecule has 1 heterocycles. The molecule has 0 N–H and O–H groups in total. The van der Waals surface area contributed by atoms with E-state index >= 15 is 0 Å². The molecule has 0 atom stereocenters. The van der Waals surface area contributed by atoms with Crippen LogP contribution >= 0.6 is 11.7 Å². The van der Waals surface area contributed by atoms with Crippen molar-refractivity contribution in [1.82, 2.24) is 8.75 Å². The van der Waals surface area contributed by atoms with Crippen molar-refractivity contribution in [3.63, 3.8) is 0 Å². The summed E-state index contributed by atoms with van der Waals surface area (Å²) < 4.78 is 22.8. The van der Waals surface area contributed by atoms with Gasteiger partial charge in [0.2, 0.25) is 0 Å². The first-order chi connectivity index (χ1) is 39.7. The van der Waals surface area contributed by atoms with Gasteiger partial charge in [0.15, 0.2) is 0 Å². The highest BCUT2D eigenvalue weighted by Crippen LogP contribution is 2.31. The standard InChI is InChI=1S/C76H86N2O2S/c1-7-9-11-13-15-17-19-21-23-25-49-79-73-56-72(74(80-50-26-24-22-20-18-16-14-12-10-8-2)55-71(73)47-44-68-52-58(4)28-30-60(68)6)48-46-70-54-62-32-36-63-35-31-61(33-37-64(70)38-34-62)53-69(63)45-42-66-40-39-65(75-76(66)78-81-77-75)41-43-67-51-57(3)27-29-59(67)5/h27-31,34-35,38-40,51-56H,7-26,32-33,36-37,49-50H2,1-6H3. The Hall–Kier alpha value is -7.02. The van der Waals surface area contributed by atoms with E-state index in [0.29, 0.717) is 13.2 Å². The number of aromatic nitrogens is 2. The lowest BCUT2D eigenvalue weighted by molar-refractivity contribution is 0.295. The van der Waals surface area contributed by atoms with Gasteiger partial charge in [0.25, 0.3) is 0 Å². The van der Waals surface area contributed by atoms with Gasteiger partial charge in [0.05, 0.1) is 47.2 Å². The van der Waals surface area contributed by atoms with Crippen molar-refractivity contribution in [3.8, 4) is 58.9 Å². The molecule has 4 bridgehead atoms. The SMILES string of the molecule is CCCCCCCCCCCCOc1cc(C#Cc2cc3ccc2CCc2ccc(c(C#Cc4ccc(C#Cc5cc(C)ccc5C)c5nsnc45)c2)CC3)c(OCCCCCCCCCCCC)cc1C#Cc1cc(C)ccc1C. The lowest BCUT2D eigenvalue weighted by atomic mass is 9.91. The number of hydrogen-bond acceptors (Lipinski definition) is 5. The smallest absolute Gasteiger partial charge is 0.136 e. The van der Waals surface area contributed by atoms with E-state index in [-0.39, 0.29) is 0 Å². The molecule has 0 fully saturated rings. The van der Waals surface area contributed by atoms with Gasteiger partial charge in [-0.1, -0.05) is 225 Å². The Balaban J connectivity index is 1.02. The summed E-state index contributed by atoms with van der Waals surface area (Å²) in [7, 11) is 0. The predicted octanol–water partition coefficient (Wildman–Crippen LogP) is 19.0. The zero-order valence-corrected chi connectivity index (χ0v) is 50.6. The van der Waals surface area contributed by atoms with E-state index < -0.39 is 0 Å². The summed E-state index contributed by atoms with van der Waals surface area (Å²) in [5, 5.41) is 0. The first-order valence-corrected chi connectivity index (χ1v) is 31.6. The summed E-state index contributed by atoms with van der Waals surface area (Å²) in [4.78, 5) is 0. The highest BCUT2D eigenvalue weighted by molar-refractivity contribution is 7.00. The number of aryl methyl sites for hydroxylation is 8. The van der Waals surface area contributed by atoms with Gasteiger partial charge >= 0.3 is 0 Å². The Labute approximate surface area is 492 Å². The van der Waals surface area contributed by atoms with Crippen LogP contribution < -0.4 is 9.47 Å². The molecule has 4 nitrogen and oxygen atoms in total. The molecule has 0 radical (unpaired) electrons. The normalized spacial score (nSPS) is 11.6. The zero-order valence-electron chi connectivity index (χ0n) is 49.7. The summed E-state index contributed by atoms with van der Waals surface area (Å²) >= 11 is 1.21. The van der Waals surface area contributed by atoms with E-state index in [4.69, 9.17) is 13.8 Å². The molecule has 6 aromatic carbocycles. The van der Waals surface area contributed by atoms with Crippen LogP contribution in [0.2, 0.25) is 0 Å². The summed E-state index contributed by atoms with van der Waals surface area (Å²) in [6, 6.07) is 34.9. The summed E-state index contributed by atoms with van der Waals surface area (Å²) in [5.74, 6) is 29.9. The van der Waals surface area contributed by atoms with Crippen LogP contribution in [0.3, 0.4) is 0 Å². The van der Waals surface area contributed by atoms with Gasteiger partial charge in [-0.05, 0) is 147 Å². The van der Waals surface area contributed by atoms with Gasteiger partial charge in [-0.15, -0.1) is 0 Å². The summed E-state index contributed by atoms with van der Waals surface area (Å²) in [6.07, 6.45) is 29.0. The fourth-order valence-corrected chi connectivity index (χ4v) is 11.2. The van der Waals surface area contributed by atoms with Crippen LogP contribution in [0.15, 0.2) is 97.1 Å². The summed E-state index contributed by atoms with van der Waals surface area (Å²) in [5.41, 5.74) is 19.0. The molecule has 81 heavy (non-hydrogen) atoms. The van der Waals surface area contributed by atoms with Crippen LogP contribution in [0.4, 0.5) is 0 Å². The number of hydrogen-bond donors (Lipinski definition) is 0. The largest absolute Gasteiger partial charge is 0.492 e. The lowest BCUT2D eigenvalue weighted by Gasteiger charge is -2.14. The molecule has 0 unspecified atom stereocenters. The van der Waals surface area contributed by atoms with Crippen molar-refractivity contribution < 1.29 is 9.47 Å². The molecule has 0 amide bonds. The molecular weight excluding hydrogens is 1000 g/mol. The monoisotopic (exact) mass is 1090 g/mol. The Morgan fingerprint density at radius 2 is 0.704 bits per heavy atom. The number of ether oxygens (including phenoxy) is 2. The number of nitrogens with zero attached hydrogens (tertiary/aromatic N) is 2. The molecule has 0 saturated carbocycles. The first kappa shape index (κ1) is 60.1. The van der Waals surface area contributed by atoms with E-state index in [1.807, 2.05) is 12.1 Å².